The lowest BCUT2D eigenvalue weighted by atomic mass is 9.95. The molecule has 2 N–H and O–H groups in total. The lowest BCUT2D eigenvalue weighted by Crippen LogP contribution is -2.47. The van der Waals surface area contributed by atoms with E-state index in [2.05, 4.69) is 4.90 Å². The van der Waals surface area contributed by atoms with Gasteiger partial charge in [-0.2, -0.15) is 0 Å². The highest BCUT2D eigenvalue weighted by Crippen LogP contribution is 2.42. The van der Waals surface area contributed by atoms with E-state index in [1.54, 1.807) is 37.3 Å². The molecule has 0 radical (unpaired) electrons. The summed E-state index contributed by atoms with van der Waals surface area (Å²) in [7, 11) is -1.87. The Morgan fingerprint density at radius 3 is 2.19 bits per heavy atom. The minimum absolute atomic E-state index is 0.0324. The number of esters is 1. The smallest absolute Gasteiger partial charge is 0.340 e. The van der Waals surface area contributed by atoms with Crippen LogP contribution in [0.4, 0.5) is 0 Å². The molecule has 0 atom stereocenters. The molecule has 43 heavy (non-hydrogen) atoms. The van der Waals surface area contributed by atoms with Gasteiger partial charge in [-0.1, -0.05) is 35.9 Å². The van der Waals surface area contributed by atoms with Crippen molar-refractivity contribution in [2.75, 3.05) is 39.8 Å². The summed E-state index contributed by atoms with van der Waals surface area (Å²) in [6.45, 7) is 6.58. The molecule has 1 aromatic heterocycles. The summed E-state index contributed by atoms with van der Waals surface area (Å²) in [5, 5.41) is 5.89. The van der Waals surface area contributed by atoms with Crippen molar-refractivity contribution in [3.63, 3.8) is 0 Å². The number of primary sulfonamides is 1. The van der Waals surface area contributed by atoms with Crippen LogP contribution < -0.4 is 5.14 Å². The summed E-state index contributed by atoms with van der Waals surface area (Å²) in [6, 6.07) is 20.6. The molecule has 11 heteroatoms. The quantitative estimate of drug-likeness (QED) is 0.291. The molecule has 1 aliphatic heterocycles. The number of hydrogen-bond acceptors (Lipinski definition) is 6. The van der Waals surface area contributed by atoms with Crippen molar-refractivity contribution < 1.29 is 22.7 Å². The van der Waals surface area contributed by atoms with Gasteiger partial charge in [0, 0.05) is 53.7 Å². The Labute approximate surface area is 256 Å². The van der Waals surface area contributed by atoms with Gasteiger partial charge in [-0.3, -0.25) is 4.79 Å². The van der Waals surface area contributed by atoms with Gasteiger partial charge >= 0.3 is 5.97 Å². The van der Waals surface area contributed by atoms with Gasteiger partial charge in [-0.25, -0.2) is 18.4 Å². The topological polar surface area (TPSA) is 115 Å². The third kappa shape index (κ3) is 6.23. The first-order valence-electron chi connectivity index (χ1n) is 13.9. The second kappa shape index (κ2) is 12.3. The van der Waals surface area contributed by atoms with E-state index in [0.717, 1.165) is 18.7 Å². The van der Waals surface area contributed by atoms with E-state index in [1.165, 1.54) is 12.1 Å². The zero-order valence-corrected chi connectivity index (χ0v) is 25.8. The first-order valence-corrected chi connectivity index (χ1v) is 15.8. The monoisotopic (exact) mass is 620 g/mol. The van der Waals surface area contributed by atoms with E-state index in [-0.39, 0.29) is 17.4 Å². The molecule has 1 saturated heterocycles. The number of nitrogens with two attached hydrogens (primary N) is 1. The van der Waals surface area contributed by atoms with Crippen LogP contribution in [0.1, 0.15) is 33.3 Å². The fourth-order valence-corrected chi connectivity index (χ4v) is 6.05. The highest BCUT2D eigenvalue weighted by molar-refractivity contribution is 7.89. The number of hydrogen-bond donors (Lipinski definition) is 1. The molecule has 0 spiro atoms. The van der Waals surface area contributed by atoms with Crippen LogP contribution in [0.15, 0.2) is 77.7 Å². The van der Waals surface area contributed by atoms with Crippen LogP contribution in [-0.4, -0.2) is 74.5 Å². The van der Waals surface area contributed by atoms with Crippen molar-refractivity contribution in [1.29, 1.82) is 0 Å². The fourth-order valence-electron chi connectivity index (χ4n) is 5.41. The van der Waals surface area contributed by atoms with Crippen molar-refractivity contribution in [2.24, 2.45) is 5.14 Å². The van der Waals surface area contributed by atoms with Gasteiger partial charge in [0.2, 0.25) is 10.0 Å². The molecule has 9 nitrogen and oxygen atoms in total. The highest BCUT2D eigenvalue weighted by Gasteiger charge is 2.30. The first-order chi connectivity index (χ1) is 20.5. The van der Waals surface area contributed by atoms with E-state index in [4.69, 9.17) is 21.5 Å². The zero-order valence-electron chi connectivity index (χ0n) is 24.2. The number of piperazine rings is 1. The lowest BCUT2D eigenvalue weighted by molar-refractivity contribution is 0.0526. The number of amides is 1. The van der Waals surface area contributed by atoms with Crippen LogP contribution in [-0.2, 0) is 14.8 Å². The van der Waals surface area contributed by atoms with Crippen LogP contribution in [0.2, 0.25) is 5.02 Å². The molecule has 0 bridgehead atoms. The number of carbonyl (C=O) groups is 2. The van der Waals surface area contributed by atoms with E-state index in [0.29, 0.717) is 57.4 Å². The number of likely N-dealkylation sites (N-methyl/N-ethyl adjacent to an activating group) is 1. The number of carbonyl (C=O) groups excluding carboxylic acids is 2. The zero-order chi connectivity index (χ0) is 30.9. The number of benzene rings is 3. The Kier molecular flexibility index (Phi) is 8.75. The highest BCUT2D eigenvalue weighted by atomic mass is 35.5. The normalized spacial score (nSPS) is 14.1. The van der Waals surface area contributed by atoms with Crippen LogP contribution in [0.3, 0.4) is 0 Å². The number of nitrogens with zero attached hydrogens (tertiary/aromatic N) is 3. The Bertz CT molecular complexity index is 1780. The maximum atomic E-state index is 13.6. The molecular formula is C32H33ClN4O5S. The van der Waals surface area contributed by atoms with Gasteiger partial charge in [0.1, 0.15) is 0 Å². The minimum atomic E-state index is -3.91. The molecular weight excluding hydrogens is 588 g/mol. The minimum Gasteiger partial charge on any atom is -0.462 e. The first kappa shape index (κ1) is 30.5. The number of halogens is 1. The van der Waals surface area contributed by atoms with Crippen LogP contribution >= 0.6 is 11.6 Å². The molecule has 0 saturated carbocycles. The van der Waals surface area contributed by atoms with Gasteiger partial charge < -0.3 is 19.1 Å². The Balaban J connectivity index is 1.76. The summed E-state index contributed by atoms with van der Waals surface area (Å²) in [6.07, 6.45) is 0. The third-order valence-electron chi connectivity index (χ3n) is 7.62. The predicted octanol–water partition coefficient (Wildman–Crippen LogP) is 4.98. The number of aromatic nitrogens is 1. The van der Waals surface area contributed by atoms with Crippen LogP contribution in [0, 0.1) is 6.92 Å². The maximum absolute atomic E-state index is 13.6. The molecule has 1 aliphatic rings. The standard InChI is InChI=1S/C32H33ClN4O5S/c1-4-42-32(39)28-21(2)37(26-12-14-27(15-13-26)43(34,40)41)30(22-8-10-25(33)11-9-22)29(28)23-6-5-7-24(20-23)31(38)36-18-16-35(3)17-19-36/h5-15,20H,4,16-19H2,1-3H3,(H2,34,40,41). The van der Waals surface area contributed by atoms with E-state index < -0.39 is 16.0 Å². The number of ether oxygens (including phenoxy) is 1. The second-order valence-corrected chi connectivity index (χ2v) is 12.5. The van der Waals surface area contributed by atoms with E-state index in [1.807, 2.05) is 53.8 Å². The Morgan fingerprint density at radius 2 is 1.58 bits per heavy atom. The van der Waals surface area contributed by atoms with Gasteiger partial charge in [0.05, 0.1) is 22.8 Å². The van der Waals surface area contributed by atoms with Gasteiger partial charge in [0.25, 0.3) is 5.91 Å². The largest absolute Gasteiger partial charge is 0.462 e. The van der Waals surface area contributed by atoms with Gasteiger partial charge in [-0.15, -0.1) is 0 Å². The molecule has 0 unspecified atom stereocenters. The molecule has 2 heterocycles. The maximum Gasteiger partial charge on any atom is 0.340 e. The molecule has 5 rings (SSSR count). The van der Waals surface area contributed by atoms with E-state index >= 15 is 0 Å². The second-order valence-electron chi connectivity index (χ2n) is 10.5. The number of sulfonamides is 1. The predicted molar refractivity (Wildman–Crippen MR) is 167 cm³/mol. The Morgan fingerprint density at radius 1 is 0.930 bits per heavy atom. The molecule has 1 amide bonds. The van der Waals surface area contributed by atoms with E-state index in [9.17, 15) is 18.0 Å². The molecule has 224 valence electrons. The van der Waals surface area contributed by atoms with Gasteiger partial charge in [0.15, 0.2) is 0 Å². The molecule has 3 aromatic carbocycles. The summed E-state index contributed by atoms with van der Waals surface area (Å²) in [5.74, 6) is -0.587. The van der Waals surface area contributed by atoms with Crippen LogP contribution in [0.5, 0.6) is 0 Å². The van der Waals surface area contributed by atoms with Crippen molar-refractivity contribution in [3.05, 3.63) is 94.6 Å². The summed E-state index contributed by atoms with van der Waals surface area (Å²) in [5.41, 5.74) is 4.70. The van der Waals surface area contributed by atoms with Crippen LogP contribution in [0.25, 0.3) is 28.1 Å². The summed E-state index contributed by atoms with van der Waals surface area (Å²) < 4.78 is 31.3. The summed E-state index contributed by atoms with van der Waals surface area (Å²) in [4.78, 5) is 31.1. The molecule has 4 aromatic rings. The lowest BCUT2D eigenvalue weighted by Gasteiger charge is -2.32. The average molecular weight is 621 g/mol. The van der Waals surface area contributed by atoms with Crippen molar-refractivity contribution in [3.8, 4) is 28.1 Å². The summed E-state index contributed by atoms with van der Waals surface area (Å²) >= 11 is 6.24. The molecule has 1 fully saturated rings. The number of rotatable bonds is 7. The van der Waals surface area contributed by atoms with Gasteiger partial charge in [-0.05, 0) is 80.6 Å². The average Bonchev–Trinajstić information content (AvgIpc) is 3.30. The Hall–Kier alpha value is -3.96. The fraction of sp³-hybridized carbons (Fsp3) is 0.250. The SMILES string of the molecule is CCOC(=O)c1c(-c2cccc(C(=O)N3CCN(C)CC3)c2)c(-c2ccc(Cl)cc2)n(-c2ccc(S(N)(=O)=O)cc2)c1C. The van der Waals surface area contributed by atoms with Crippen molar-refractivity contribution in [1.82, 2.24) is 14.4 Å². The molecule has 0 aliphatic carbocycles. The van der Waals surface area contributed by atoms with Crippen molar-refractivity contribution in [2.45, 2.75) is 18.7 Å². The van der Waals surface area contributed by atoms with Crippen molar-refractivity contribution >= 4 is 33.5 Å². The third-order valence-corrected chi connectivity index (χ3v) is 8.80.